The lowest BCUT2D eigenvalue weighted by Gasteiger charge is -2.36. The standard InChI is InChI=1S/C10H20N2.C2H6/c1-2-10(3-7-11-6-1)4-8-12-9-5-10;1-2/h11-12H,1-9H2;1-2H3. The molecular weight excluding hydrogens is 172 g/mol. The largest absolute Gasteiger partial charge is 0.317 e. The van der Waals surface area contributed by atoms with E-state index in [-0.39, 0.29) is 0 Å². The van der Waals surface area contributed by atoms with Gasteiger partial charge in [-0.3, -0.25) is 0 Å². The summed E-state index contributed by atoms with van der Waals surface area (Å²) in [5, 5.41) is 6.95. The predicted octanol–water partition coefficient (Wildman–Crippen LogP) is 2.16. The molecule has 0 unspecified atom stereocenters. The molecule has 2 fully saturated rings. The minimum Gasteiger partial charge on any atom is -0.317 e. The highest BCUT2D eigenvalue weighted by Gasteiger charge is 2.31. The first kappa shape index (κ1) is 12.0. The zero-order chi connectivity index (χ0) is 10.3. The third kappa shape index (κ3) is 3.25. The third-order valence-corrected chi connectivity index (χ3v) is 3.56. The van der Waals surface area contributed by atoms with Crippen molar-refractivity contribution in [3.8, 4) is 0 Å². The van der Waals surface area contributed by atoms with E-state index in [1.165, 1.54) is 58.3 Å². The first-order valence-electron chi connectivity index (χ1n) is 6.33. The molecule has 0 aliphatic carbocycles. The summed E-state index contributed by atoms with van der Waals surface area (Å²) >= 11 is 0. The molecule has 0 atom stereocenters. The van der Waals surface area contributed by atoms with Gasteiger partial charge < -0.3 is 10.6 Å². The Bertz CT molecular complexity index is 129. The van der Waals surface area contributed by atoms with Gasteiger partial charge in [-0.15, -0.1) is 0 Å². The van der Waals surface area contributed by atoms with Crippen molar-refractivity contribution in [1.82, 2.24) is 10.6 Å². The molecule has 2 N–H and O–H groups in total. The van der Waals surface area contributed by atoms with Crippen LogP contribution in [0.15, 0.2) is 0 Å². The predicted molar refractivity (Wildman–Crippen MR) is 62.6 cm³/mol. The lowest BCUT2D eigenvalue weighted by Crippen LogP contribution is -2.37. The lowest BCUT2D eigenvalue weighted by atomic mass is 9.73. The van der Waals surface area contributed by atoms with Crippen molar-refractivity contribution in [3.05, 3.63) is 0 Å². The molecule has 0 radical (unpaired) electrons. The third-order valence-electron chi connectivity index (χ3n) is 3.56. The molecule has 84 valence electrons. The summed E-state index contributed by atoms with van der Waals surface area (Å²) in [6.07, 6.45) is 7.08. The molecule has 2 rings (SSSR count). The van der Waals surface area contributed by atoms with Crippen LogP contribution in [0.3, 0.4) is 0 Å². The molecule has 0 aromatic heterocycles. The highest BCUT2D eigenvalue weighted by Crippen LogP contribution is 2.37. The molecule has 2 heterocycles. The van der Waals surface area contributed by atoms with Gasteiger partial charge >= 0.3 is 0 Å². The van der Waals surface area contributed by atoms with Gasteiger partial charge in [-0.1, -0.05) is 13.8 Å². The Labute approximate surface area is 88.8 Å². The fraction of sp³-hybridized carbons (Fsp3) is 1.00. The first-order chi connectivity index (χ1) is 6.91. The number of piperidine rings is 1. The second kappa shape index (κ2) is 6.41. The van der Waals surface area contributed by atoms with Crippen LogP contribution >= 0.6 is 0 Å². The van der Waals surface area contributed by atoms with Crippen LogP contribution < -0.4 is 10.6 Å². The van der Waals surface area contributed by atoms with E-state index < -0.39 is 0 Å². The fourth-order valence-corrected chi connectivity index (χ4v) is 2.65. The summed E-state index contributed by atoms with van der Waals surface area (Å²) in [5.74, 6) is 0. The van der Waals surface area contributed by atoms with Crippen LogP contribution in [-0.4, -0.2) is 26.2 Å². The molecule has 0 aromatic carbocycles. The molecule has 2 aliphatic heterocycles. The van der Waals surface area contributed by atoms with Crippen LogP contribution in [0.1, 0.15) is 46.0 Å². The van der Waals surface area contributed by atoms with E-state index in [0.717, 1.165) is 5.41 Å². The van der Waals surface area contributed by atoms with Gasteiger partial charge in [0.2, 0.25) is 0 Å². The minimum atomic E-state index is 0.717. The van der Waals surface area contributed by atoms with Crippen LogP contribution in [0.25, 0.3) is 0 Å². The SMILES string of the molecule is C1CNCCC2(C1)CCNCC2.CC. The second-order valence-electron chi connectivity index (χ2n) is 4.35. The Balaban J connectivity index is 0.000000461. The van der Waals surface area contributed by atoms with Crippen molar-refractivity contribution < 1.29 is 0 Å². The highest BCUT2D eigenvalue weighted by molar-refractivity contribution is 4.86. The number of rotatable bonds is 0. The molecule has 0 bridgehead atoms. The van der Waals surface area contributed by atoms with E-state index >= 15 is 0 Å². The summed E-state index contributed by atoms with van der Waals surface area (Å²) in [5.41, 5.74) is 0.717. The molecule has 0 saturated carbocycles. The molecule has 14 heavy (non-hydrogen) atoms. The smallest absolute Gasteiger partial charge is 0.00436 e. The second-order valence-corrected chi connectivity index (χ2v) is 4.35. The van der Waals surface area contributed by atoms with Gasteiger partial charge in [0.05, 0.1) is 0 Å². The van der Waals surface area contributed by atoms with Crippen LogP contribution in [0.4, 0.5) is 0 Å². The highest BCUT2D eigenvalue weighted by atomic mass is 14.9. The average Bonchev–Trinajstić information content (AvgIpc) is 2.48. The zero-order valence-electron chi connectivity index (χ0n) is 9.86. The first-order valence-corrected chi connectivity index (χ1v) is 6.33. The Morgan fingerprint density at radius 2 is 1.21 bits per heavy atom. The lowest BCUT2D eigenvalue weighted by molar-refractivity contribution is 0.177. The molecule has 2 aliphatic rings. The summed E-state index contributed by atoms with van der Waals surface area (Å²) in [6, 6.07) is 0. The Morgan fingerprint density at radius 1 is 0.714 bits per heavy atom. The van der Waals surface area contributed by atoms with Gasteiger partial charge in [0.15, 0.2) is 0 Å². The van der Waals surface area contributed by atoms with Crippen LogP contribution in [0.2, 0.25) is 0 Å². The van der Waals surface area contributed by atoms with Crippen LogP contribution in [0, 0.1) is 5.41 Å². The molecule has 0 aromatic rings. The van der Waals surface area contributed by atoms with Crippen LogP contribution in [0.5, 0.6) is 0 Å². The van der Waals surface area contributed by atoms with E-state index in [4.69, 9.17) is 0 Å². The number of nitrogens with one attached hydrogen (secondary N) is 2. The maximum atomic E-state index is 3.50. The van der Waals surface area contributed by atoms with Gasteiger partial charge in [0, 0.05) is 0 Å². The van der Waals surface area contributed by atoms with Crippen molar-refractivity contribution in [2.75, 3.05) is 26.2 Å². The Morgan fingerprint density at radius 3 is 1.79 bits per heavy atom. The van der Waals surface area contributed by atoms with Gasteiger partial charge in [-0.05, 0) is 63.7 Å². The average molecular weight is 198 g/mol. The minimum absolute atomic E-state index is 0.717. The van der Waals surface area contributed by atoms with Gasteiger partial charge in [0.25, 0.3) is 0 Å². The van der Waals surface area contributed by atoms with Crippen molar-refractivity contribution >= 4 is 0 Å². The summed E-state index contributed by atoms with van der Waals surface area (Å²) in [4.78, 5) is 0. The maximum absolute atomic E-state index is 3.50. The number of hydrogen-bond donors (Lipinski definition) is 2. The van der Waals surface area contributed by atoms with E-state index in [2.05, 4.69) is 10.6 Å². The van der Waals surface area contributed by atoms with Crippen LogP contribution in [-0.2, 0) is 0 Å². The topological polar surface area (TPSA) is 24.1 Å². The molecule has 0 amide bonds. The van der Waals surface area contributed by atoms with Crippen molar-refractivity contribution in [1.29, 1.82) is 0 Å². The van der Waals surface area contributed by atoms with E-state index in [1.807, 2.05) is 13.8 Å². The van der Waals surface area contributed by atoms with E-state index in [1.54, 1.807) is 0 Å². The van der Waals surface area contributed by atoms with Gasteiger partial charge in [-0.25, -0.2) is 0 Å². The summed E-state index contributed by atoms with van der Waals surface area (Å²) in [7, 11) is 0. The fourth-order valence-electron chi connectivity index (χ4n) is 2.65. The van der Waals surface area contributed by atoms with Gasteiger partial charge in [-0.2, -0.15) is 0 Å². The molecule has 2 heteroatoms. The summed E-state index contributed by atoms with van der Waals surface area (Å²) < 4.78 is 0. The van der Waals surface area contributed by atoms with Crippen molar-refractivity contribution in [2.24, 2.45) is 5.41 Å². The normalized spacial score (nSPS) is 26.1. The molecular formula is C12H26N2. The van der Waals surface area contributed by atoms with Crippen molar-refractivity contribution in [2.45, 2.75) is 46.0 Å². The Hall–Kier alpha value is -0.0800. The Kier molecular flexibility index (Phi) is 5.49. The zero-order valence-corrected chi connectivity index (χ0v) is 9.86. The monoisotopic (exact) mass is 198 g/mol. The summed E-state index contributed by atoms with van der Waals surface area (Å²) in [6.45, 7) is 9.00. The van der Waals surface area contributed by atoms with E-state index in [0.29, 0.717) is 0 Å². The maximum Gasteiger partial charge on any atom is -0.00436 e. The van der Waals surface area contributed by atoms with E-state index in [9.17, 15) is 0 Å². The molecule has 2 nitrogen and oxygen atoms in total. The number of hydrogen-bond acceptors (Lipinski definition) is 2. The molecule has 1 spiro atoms. The van der Waals surface area contributed by atoms with Crippen molar-refractivity contribution in [3.63, 3.8) is 0 Å². The quantitative estimate of drug-likeness (QED) is 0.623. The molecule has 2 saturated heterocycles. The van der Waals surface area contributed by atoms with Gasteiger partial charge in [0.1, 0.15) is 0 Å².